The smallest absolute Gasteiger partial charge is 0.407 e. The van der Waals surface area contributed by atoms with Crippen molar-refractivity contribution in [3.8, 4) is 11.1 Å². The molecule has 4 rings (SSSR count). The van der Waals surface area contributed by atoms with E-state index in [1.165, 1.54) is 18.2 Å². The minimum atomic E-state index is -1.97. The van der Waals surface area contributed by atoms with Crippen molar-refractivity contribution in [3.63, 3.8) is 0 Å². The fourth-order valence-electron chi connectivity index (χ4n) is 3.95. The number of aliphatic hydroxyl groups excluding tert-OH is 1. The Morgan fingerprint density at radius 3 is 2.16 bits per heavy atom. The van der Waals surface area contributed by atoms with Crippen LogP contribution < -0.4 is 5.32 Å². The number of alkyl carbamates (subject to hydrolysis) is 1. The van der Waals surface area contributed by atoms with Gasteiger partial charge in [-0.3, -0.25) is 0 Å². The average molecular weight is 421 g/mol. The first kappa shape index (κ1) is 20.6. The fourth-order valence-corrected chi connectivity index (χ4v) is 3.95. The van der Waals surface area contributed by atoms with Gasteiger partial charge in [0, 0.05) is 5.92 Å². The van der Waals surface area contributed by atoms with Gasteiger partial charge in [-0.25, -0.2) is 14.0 Å². The number of nitrogens with one attached hydrogen (secondary N) is 1. The number of aliphatic hydroxyl groups is 1. The third-order valence-corrected chi connectivity index (χ3v) is 5.39. The number of benzene rings is 3. The van der Waals surface area contributed by atoms with Crippen LogP contribution in [-0.2, 0) is 9.53 Å². The van der Waals surface area contributed by atoms with E-state index in [2.05, 4.69) is 5.32 Å². The molecule has 3 aromatic carbocycles. The summed E-state index contributed by atoms with van der Waals surface area (Å²) in [6, 6.07) is 19.4. The molecule has 7 heteroatoms. The van der Waals surface area contributed by atoms with E-state index < -0.39 is 30.0 Å². The largest absolute Gasteiger partial charge is 0.479 e. The zero-order valence-corrected chi connectivity index (χ0v) is 16.4. The maximum Gasteiger partial charge on any atom is 0.407 e. The minimum absolute atomic E-state index is 0.0267. The highest BCUT2D eigenvalue weighted by atomic mass is 19.1. The zero-order valence-electron chi connectivity index (χ0n) is 16.4. The Balaban J connectivity index is 1.51. The summed E-state index contributed by atoms with van der Waals surface area (Å²) < 4.78 is 19.0. The summed E-state index contributed by atoms with van der Waals surface area (Å²) in [7, 11) is 0. The molecule has 0 radical (unpaired) electrons. The molecular weight excluding hydrogens is 401 g/mol. The predicted molar refractivity (Wildman–Crippen MR) is 111 cm³/mol. The van der Waals surface area contributed by atoms with E-state index in [1.807, 2.05) is 48.5 Å². The molecule has 3 aromatic rings. The molecule has 1 amide bonds. The van der Waals surface area contributed by atoms with Crippen molar-refractivity contribution in [1.82, 2.24) is 5.32 Å². The average Bonchev–Trinajstić information content (AvgIpc) is 3.09. The summed E-state index contributed by atoms with van der Waals surface area (Å²) in [5.41, 5.74) is 4.33. The predicted octanol–water partition coefficient (Wildman–Crippen LogP) is 3.85. The molecule has 0 fully saturated rings. The number of hydrogen-bond acceptors (Lipinski definition) is 4. The number of carbonyl (C=O) groups is 2. The number of ether oxygens (including phenoxy) is 1. The second-order valence-electron chi connectivity index (χ2n) is 7.29. The lowest BCUT2D eigenvalue weighted by atomic mass is 9.98. The van der Waals surface area contributed by atoms with Crippen LogP contribution in [0.5, 0.6) is 0 Å². The van der Waals surface area contributed by atoms with Gasteiger partial charge in [-0.1, -0.05) is 60.7 Å². The fraction of sp³-hybridized carbons (Fsp3) is 0.167. The Kier molecular flexibility index (Phi) is 5.68. The number of rotatable bonds is 6. The summed E-state index contributed by atoms with van der Waals surface area (Å²) in [5, 5.41) is 21.6. The Morgan fingerprint density at radius 1 is 0.968 bits per heavy atom. The molecule has 1 aliphatic rings. The van der Waals surface area contributed by atoms with Gasteiger partial charge >= 0.3 is 12.1 Å². The highest BCUT2D eigenvalue weighted by molar-refractivity contribution is 5.79. The van der Waals surface area contributed by atoms with Crippen LogP contribution in [0.1, 0.15) is 28.7 Å². The van der Waals surface area contributed by atoms with Gasteiger partial charge in [0.05, 0.1) is 6.04 Å². The number of fused-ring (bicyclic) bond motifs is 3. The molecule has 0 aliphatic heterocycles. The van der Waals surface area contributed by atoms with Crippen molar-refractivity contribution in [3.05, 3.63) is 95.3 Å². The molecule has 0 saturated heterocycles. The molecule has 0 spiro atoms. The third kappa shape index (κ3) is 4.13. The van der Waals surface area contributed by atoms with E-state index in [9.17, 15) is 24.2 Å². The standard InChI is InChI=1S/C24H20FNO5/c25-15-7-5-6-14(12-15)21(22(27)23(28)29)26-24(30)31-13-20-18-10-3-1-8-16(18)17-9-2-4-11-19(17)20/h1-12,20-22,27H,13H2,(H,26,30)(H,28,29)/t21-,22-/m0/s1. The van der Waals surface area contributed by atoms with Crippen molar-refractivity contribution in [2.45, 2.75) is 18.1 Å². The SMILES string of the molecule is O=C(N[C@@H](c1cccc(F)c1)[C@H](O)C(=O)O)OCC1c2ccccc2-c2ccccc21. The summed E-state index contributed by atoms with van der Waals surface area (Å²) in [5.74, 6) is -2.34. The van der Waals surface area contributed by atoms with Crippen LogP contribution in [-0.4, -0.2) is 35.0 Å². The molecule has 3 N–H and O–H groups in total. The number of carboxylic acid groups (broad SMARTS) is 1. The zero-order chi connectivity index (χ0) is 22.0. The Hall–Kier alpha value is -3.71. The van der Waals surface area contributed by atoms with Crippen molar-refractivity contribution < 1.29 is 28.9 Å². The van der Waals surface area contributed by atoms with Crippen molar-refractivity contribution in [1.29, 1.82) is 0 Å². The van der Waals surface area contributed by atoms with E-state index >= 15 is 0 Å². The van der Waals surface area contributed by atoms with Crippen molar-refractivity contribution in [2.75, 3.05) is 6.61 Å². The number of hydrogen-bond donors (Lipinski definition) is 3. The van der Waals surface area contributed by atoms with E-state index in [0.717, 1.165) is 28.3 Å². The lowest BCUT2D eigenvalue weighted by Gasteiger charge is -2.22. The van der Waals surface area contributed by atoms with Crippen LogP contribution in [0, 0.1) is 5.82 Å². The highest BCUT2D eigenvalue weighted by Gasteiger charge is 2.32. The maximum atomic E-state index is 13.6. The van der Waals surface area contributed by atoms with Crippen LogP contribution in [0.15, 0.2) is 72.8 Å². The molecule has 2 atom stereocenters. The minimum Gasteiger partial charge on any atom is -0.479 e. The van der Waals surface area contributed by atoms with Crippen LogP contribution in [0.4, 0.5) is 9.18 Å². The monoisotopic (exact) mass is 421 g/mol. The molecule has 6 nitrogen and oxygen atoms in total. The number of carbonyl (C=O) groups excluding carboxylic acids is 1. The molecule has 31 heavy (non-hydrogen) atoms. The van der Waals surface area contributed by atoms with Gasteiger partial charge in [-0.05, 0) is 39.9 Å². The summed E-state index contributed by atoms with van der Waals surface area (Å²) in [4.78, 5) is 23.8. The van der Waals surface area contributed by atoms with Gasteiger partial charge in [-0.15, -0.1) is 0 Å². The number of halogens is 1. The van der Waals surface area contributed by atoms with E-state index in [0.29, 0.717) is 0 Å². The summed E-state index contributed by atoms with van der Waals surface area (Å²) in [6.45, 7) is 0.0267. The first-order chi connectivity index (χ1) is 15.0. The van der Waals surface area contributed by atoms with E-state index in [-0.39, 0.29) is 18.1 Å². The van der Waals surface area contributed by atoms with E-state index in [4.69, 9.17) is 4.74 Å². The molecule has 0 unspecified atom stereocenters. The first-order valence-corrected chi connectivity index (χ1v) is 9.73. The van der Waals surface area contributed by atoms with Gasteiger partial charge in [0.25, 0.3) is 0 Å². The van der Waals surface area contributed by atoms with Crippen LogP contribution in [0.3, 0.4) is 0 Å². The number of aliphatic carboxylic acids is 1. The van der Waals surface area contributed by atoms with Gasteiger partial charge in [0.15, 0.2) is 6.10 Å². The van der Waals surface area contributed by atoms with Gasteiger partial charge in [-0.2, -0.15) is 0 Å². The van der Waals surface area contributed by atoms with Gasteiger partial charge in [0.2, 0.25) is 0 Å². The Bertz CT molecular complexity index is 1090. The second-order valence-corrected chi connectivity index (χ2v) is 7.29. The quantitative estimate of drug-likeness (QED) is 0.562. The van der Waals surface area contributed by atoms with Crippen molar-refractivity contribution in [2.24, 2.45) is 0 Å². The normalized spacial score (nSPS) is 14.3. The first-order valence-electron chi connectivity index (χ1n) is 9.73. The van der Waals surface area contributed by atoms with E-state index in [1.54, 1.807) is 0 Å². The molecule has 0 saturated carbocycles. The summed E-state index contributed by atoms with van der Waals surface area (Å²) >= 11 is 0. The molecule has 1 aliphatic carbocycles. The van der Waals surface area contributed by atoms with Gasteiger partial charge in [0.1, 0.15) is 12.4 Å². The molecular formula is C24H20FNO5. The molecule has 0 bridgehead atoms. The van der Waals surface area contributed by atoms with Crippen LogP contribution in [0.2, 0.25) is 0 Å². The van der Waals surface area contributed by atoms with Crippen LogP contribution >= 0.6 is 0 Å². The molecule has 158 valence electrons. The van der Waals surface area contributed by atoms with Crippen molar-refractivity contribution >= 4 is 12.1 Å². The lowest BCUT2D eigenvalue weighted by molar-refractivity contribution is -0.148. The highest BCUT2D eigenvalue weighted by Crippen LogP contribution is 2.44. The number of carboxylic acids is 1. The third-order valence-electron chi connectivity index (χ3n) is 5.39. The summed E-state index contributed by atoms with van der Waals surface area (Å²) in [6.07, 6.45) is -2.88. The number of amides is 1. The lowest BCUT2D eigenvalue weighted by Crippen LogP contribution is -2.40. The second kappa shape index (κ2) is 8.57. The maximum absolute atomic E-state index is 13.6. The Morgan fingerprint density at radius 2 is 1.58 bits per heavy atom. The topological polar surface area (TPSA) is 95.9 Å². The Labute approximate surface area is 177 Å². The van der Waals surface area contributed by atoms with Gasteiger partial charge < -0.3 is 20.3 Å². The van der Waals surface area contributed by atoms with Crippen LogP contribution in [0.25, 0.3) is 11.1 Å². The molecule has 0 aromatic heterocycles. The molecule has 0 heterocycles.